The van der Waals surface area contributed by atoms with Crippen molar-refractivity contribution in [2.75, 3.05) is 31.1 Å². The molecule has 0 spiro atoms. The Balaban J connectivity index is 1.61. The van der Waals surface area contributed by atoms with Crippen molar-refractivity contribution in [2.24, 2.45) is 0 Å². The SMILES string of the molecule is Cc1cccc(N2CC[NH+](Cc3ccc(Br)s3)CC2)c1C. The van der Waals surface area contributed by atoms with E-state index in [1.807, 2.05) is 11.3 Å². The van der Waals surface area contributed by atoms with E-state index in [-0.39, 0.29) is 0 Å². The van der Waals surface area contributed by atoms with Crippen LogP contribution in [0.4, 0.5) is 5.69 Å². The minimum absolute atomic E-state index is 1.16. The third-order valence-electron chi connectivity index (χ3n) is 4.44. The number of hydrogen-bond acceptors (Lipinski definition) is 2. The molecule has 0 amide bonds. The Morgan fingerprint density at radius 3 is 2.57 bits per heavy atom. The monoisotopic (exact) mass is 365 g/mol. The number of nitrogens with one attached hydrogen (secondary N) is 1. The fourth-order valence-corrected chi connectivity index (χ4v) is 4.57. The molecule has 0 radical (unpaired) electrons. The first-order valence-corrected chi connectivity index (χ1v) is 9.13. The molecule has 21 heavy (non-hydrogen) atoms. The van der Waals surface area contributed by atoms with Crippen LogP contribution in [0.15, 0.2) is 34.1 Å². The number of nitrogens with zero attached hydrogens (tertiary/aromatic N) is 1. The first kappa shape index (κ1) is 15.1. The number of anilines is 1. The lowest BCUT2D eigenvalue weighted by atomic mass is 10.1. The van der Waals surface area contributed by atoms with Gasteiger partial charge in [-0.25, -0.2) is 0 Å². The Morgan fingerprint density at radius 2 is 1.90 bits per heavy atom. The summed E-state index contributed by atoms with van der Waals surface area (Å²) in [6.45, 7) is 10.4. The summed E-state index contributed by atoms with van der Waals surface area (Å²) in [7, 11) is 0. The molecule has 1 aromatic carbocycles. The highest BCUT2D eigenvalue weighted by molar-refractivity contribution is 9.11. The van der Waals surface area contributed by atoms with Crippen molar-refractivity contribution in [1.82, 2.24) is 0 Å². The van der Waals surface area contributed by atoms with E-state index in [1.165, 1.54) is 38.6 Å². The van der Waals surface area contributed by atoms with Crippen molar-refractivity contribution in [1.29, 1.82) is 0 Å². The van der Waals surface area contributed by atoms with Gasteiger partial charge in [0.15, 0.2) is 0 Å². The van der Waals surface area contributed by atoms with Gasteiger partial charge in [-0.15, -0.1) is 11.3 Å². The molecule has 0 saturated carbocycles. The molecule has 0 atom stereocenters. The number of thiophene rings is 1. The predicted octanol–water partition coefficient (Wildman–Crippen LogP) is 3.03. The molecule has 0 bridgehead atoms. The van der Waals surface area contributed by atoms with Gasteiger partial charge in [0.25, 0.3) is 0 Å². The summed E-state index contributed by atoms with van der Waals surface area (Å²) in [4.78, 5) is 5.74. The summed E-state index contributed by atoms with van der Waals surface area (Å²) in [5.74, 6) is 0. The molecular weight excluding hydrogens is 344 g/mol. The predicted molar refractivity (Wildman–Crippen MR) is 94.5 cm³/mol. The fourth-order valence-electron chi connectivity index (χ4n) is 3.01. The molecule has 4 heteroatoms. The minimum Gasteiger partial charge on any atom is -0.360 e. The molecule has 0 unspecified atom stereocenters. The van der Waals surface area contributed by atoms with Crippen LogP contribution >= 0.6 is 27.3 Å². The molecule has 1 fully saturated rings. The topological polar surface area (TPSA) is 7.68 Å². The van der Waals surface area contributed by atoms with Crippen LogP contribution in [0.25, 0.3) is 0 Å². The third-order valence-corrected chi connectivity index (χ3v) is 6.06. The van der Waals surface area contributed by atoms with Gasteiger partial charge in [0.2, 0.25) is 0 Å². The Kier molecular flexibility index (Phi) is 4.67. The smallest absolute Gasteiger partial charge is 0.112 e. The zero-order chi connectivity index (χ0) is 14.8. The first-order valence-electron chi connectivity index (χ1n) is 7.52. The van der Waals surface area contributed by atoms with Crippen LogP contribution in [0.3, 0.4) is 0 Å². The molecule has 1 N–H and O–H groups in total. The number of halogens is 1. The van der Waals surface area contributed by atoms with Crippen LogP contribution in [0, 0.1) is 13.8 Å². The number of benzene rings is 1. The summed E-state index contributed by atoms with van der Waals surface area (Å²) in [5.41, 5.74) is 4.25. The Bertz CT molecular complexity index is 615. The lowest BCUT2D eigenvalue weighted by Crippen LogP contribution is -3.13. The van der Waals surface area contributed by atoms with Gasteiger partial charge < -0.3 is 9.80 Å². The van der Waals surface area contributed by atoms with Gasteiger partial charge >= 0.3 is 0 Å². The highest BCUT2D eigenvalue weighted by atomic mass is 79.9. The molecule has 3 rings (SSSR count). The Morgan fingerprint density at radius 1 is 1.14 bits per heavy atom. The number of quaternary nitrogens is 1. The van der Waals surface area contributed by atoms with Gasteiger partial charge in [0, 0.05) is 5.69 Å². The molecule has 1 aromatic heterocycles. The summed E-state index contributed by atoms with van der Waals surface area (Å²) >= 11 is 5.42. The largest absolute Gasteiger partial charge is 0.360 e. The molecular formula is C17H22BrN2S+. The van der Waals surface area contributed by atoms with Gasteiger partial charge in [-0.3, -0.25) is 0 Å². The maximum Gasteiger partial charge on any atom is 0.112 e. The minimum atomic E-state index is 1.16. The third kappa shape index (κ3) is 3.50. The number of aryl methyl sites for hydroxylation is 1. The summed E-state index contributed by atoms with van der Waals surface area (Å²) in [5, 5.41) is 0. The van der Waals surface area contributed by atoms with Gasteiger partial charge in [0.1, 0.15) is 6.54 Å². The normalized spacial score (nSPS) is 16.4. The lowest BCUT2D eigenvalue weighted by Gasteiger charge is -2.34. The van der Waals surface area contributed by atoms with Crippen LogP contribution in [-0.2, 0) is 6.54 Å². The zero-order valence-corrected chi connectivity index (χ0v) is 15.1. The van der Waals surface area contributed by atoms with Crippen molar-refractivity contribution in [3.05, 3.63) is 50.1 Å². The van der Waals surface area contributed by atoms with Crippen molar-refractivity contribution in [3.8, 4) is 0 Å². The average molecular weight is 366 g/mol. The van der Waals surface area contributed by atoms with E-state index < -0.39 is 0 Å². The van der Waals surface area contributed by atoms with Crippen LogP contribution < -0.4 is 9.80 Å². The van der Waals surface area contributed by atoms with Crippen molar-refractivity contribution >= 4 is 33.0 Å². The number of piperazine rings is 1. The van der Waals surface area contributed by atoms with Crippen molar-refractivity contribution < 1.29 is 4.90 Å². The van der Waals surface area contributed by atoms with E-state index in [0.29, 0.717) is 0 Å². The highest BCUT2D eigenvalue weighted by Gasteiger charge is 2.21. The number of hydrogen-bond donors (Lipinski definition) is 1. The highest BCUT2D eigenvalue weighted by Crippen LogP contribution is 2.23. The molecule has 0 aliphatic carbocycles. The van der Waals surface area contributed by atoms with Gasteiger partial charge in [-0.2, -0.15) is 0 Å². The van der Waals surface area contributed by atoms with Gasteiger partial charge in [-0.1, -0.05) is 12.1 Å². The summed E-state index contributed by atoms with van der Waals surface area (Å²) in [6, 6.07) is 11.1. The molecule has 2 nitrogen and oxygen atoms in total. The molecule has 1 aliphatic heterocycles. The second kappa shape index (κ2) is 6.51. The van der Waals surface area contributed by atoms with Gasteiger partial charge in [-0.05, 0) is 59.1 Å². The second-order valence-electron chi connectivity index (χ2n) is 5.84. The molecule has 112 valence electrons. The van der Waals surface area contributed by atoms with Crippen LogP contribution in [0.2, 0.25) is 0 Å². The van der Waals surface area contributed by atoms with E-state index >= 15 is 0 Å². The second-order valence-corrected chi connectivity index (χ2v) is 8.39. The van der Waals surface area contributed by atoms with Crippen LogP contribution in [0.1, 0.15) is 16.0 Å². The van der Waals surface area contributed by atoms with Gasteiger partial charge in [0.05, 0.1) is 34.8 Å². The Hall–Kier alpha value is -0.840. The van der Waals surface area contributed by atoms with E-state index in [2.05, 4.69) is 65.0 Å². The molecule has 2 aromatic rings. The average Bonchev–Trinajstić information content (AvgIpc) is 2.88. The van der Waals surface area contributed by atoms with E-state index in [0.717, 1.165) is 19.6 Å². The zero-order valence-electron chi connectivity index (χ0n) is 12.7. The first-order chi connectivity index (χ1) is 10.1. The maximum absolute atomic E-state index is 3.55. The maximum atomic E-state index is 3.55. The fraction of sp³-hybridized carbons (Fsp3) is 0.412. The van der Waals surface area contributed by atoms with E-state index in [4.69, 9.17) is 0 Å². The molecule has 1 saturated heterocycles. The van der Waals surface area contributed by atoms with Crippen LogP contribution in [-0.4, -0.2) is 26.2 Å². The van der Waals surface area contributed by atoms with Crippen molar-refractivity contribution in [2.45, 2.75) is 20.4 Å². The summed E-state index contributed by atoms with van der Waals surface area (Å²) in [6.07, 6.45) is 0. The number of rotatable bonds is 3. The molecule has 1 aliphatic rings. The van der Waals surface area contributed by atoms with E-state index in [9.17, 15) is 0 Å². The lowest BCUT2D eigenvalue weighted by molar-refractivity contribution is -0.914. The quantitative estimate of drug-likeness (QED) is 0.878. The Labute approximate surface area is 139 Å². The standard InChI is InChI=1S/C17H21BrN2S/c1-13-4-3-5-16(14(13)2)20-10-8-19(9-11-20)12-15-6-7-17(18)21-15/h3-7H,8-12H2,1-2H3/p+1. The van der Waals surface area contributed by atoms with Crippen LogP contribution in [0.5, 0.6) is 0 Å². The van der Waals surface area contributed by atoms with E-state index in [1.54, 1.807) is 4.90 Å². The molecule has 2 heterocycles. The summed E-state index contributed by atoms with van der Waals surface area (Å²) < 4.78 is 1.24. The van der Waals surface area contributed by atoms with Crippen molar-refractivity contribution in [3.63, 3.8) is 0 Å².